The number of amides is 2. The second-order valence-electron chi connectivity index (χ2n) is 8.24. The van der Waals surface area contributed by atoms with Gasteiger partial charge in [-0.15, -0.1) is 11.3 Å². The number of carbonyl (C=O) groups excluding carboxylic acids is 2. The molecule has 0 unspecified atom stereocenters. The highest BCUT2D eigenvalue weighted by atomic mass is 32.1. The molecule has 164 valence electrons. The molecule has 2 heterocycles. The van der Waals surface area contributed by atoms with Gasteiger partial charge in [-0.1, -0.05) is 36.4 Å². The summed E-state index contributed by atoms with van der Waals surface area (Å²) in [7, 11) is 0. The first-order chi connectivity index (χ1) is 15.7. The van der Waals surface area contributed by atoms with Gasteiger partial charge in [0.25, 0.3) is 5.91 Å². The highest BCUT2D eigenvalue weighted by Gasteiger charge is 2.34. The largest absolute Gasteiger partial charge is 0.368 e. The quantitative estimate of drug-likeness (QED) is 0.654. The fraction of sp³-hybridized carbons (Fsp3) is 0.320. The Hall–Kier alpha value is -3.19. The monoisotopic (exact) mass is 446 g/mol. The predicted molar refractivity (Wildman–Crippen MR) is 127 cm³/mol. The third kappa shape index (κ3) is 4.25. The number of piperazine rings is 1. The van der Waals surface area contributed by atoms with E-state index in [1.54, 1.807) is 12.1 Å². The molecule has 5 rings (SSSR count). The van der Waals surface area contributed by atoms with Crippen LogP contribution in [-0.4, -0.2) is 47.9 Å². The molecule has 1 N–H and O–H groups in total. The average molecular weight is 447 g/mol. The minimum Gasteiger partial charge on any atom is -0.368 e. The summed E-state index contributed by atoms with van der Waals surface area (Å²) in [6, 6.07) is 19.5. The lowest BCUT2D eigenvalue weighted by Gasteiger charge is -2.38. The minimum atomic E-state index is -0.208. The summed E-state index contributed by atoms with van der Waals surface area (Å²) >= 11 is 1.50. The molecule has 7 heteroatoms. The number of thiazole rings is 1. The number of nitrogens with one attached hydrogen (secondary N) is 1. The van der Waals surface area contributed by atoms with E-state index in [4.69, 9.17) is 4.98 Å². The molecule has 0 saturated carbocycles. The average Bonchev–Trinajstić information content (AvgIpc) is 3.27. The fourth-order valence-electron chi connectivity index (χ4n) is 4.52. The Kier molecular flexibility index (Phi) is 5.90. The van der Waals surface area contributed by atoms with Crippen LogP contribution in [0, 0.1) is 0 Å². The second-order valence-corrected chi connectivity index (χ2v) is 9.32. The first-order valence-electron chi connectivity index (χ1n) is 11.1. The van der Waals surface area contributed by atoms with E-state index in [-0.39, 0.29) is 17.7 Å². The number of para-hydroxylation sites is 1. The van der Waals surface area contributed by atoms with Gasteiger partial charge in [-0.25, -0.2) is 4.98 Å². The summed E-state index contributed by atoms with van der Waals surface area (Å²) in [6.45, 7) is 3.12. The van der Waals surface area contributed by atoms with Crippen LogP contribution in [-0.2, 0) is 11.2 Å². The van der Waals surface area contributed by atoms with E-state index >= 15 is 0 Å². The van der Waals surface area contributed by atoms with Gasteiger partial charge in [0.2, 0.25) is 5.91 Å². The van der Waals surface area contributed by atoms with Gasteiger partial charge >= 0.3 is 0 Å². The van der Waals surface area contributed by atoms with Crippen molar-refractivity contribution in [1.29, 1.82) is 0 Å². The summed E-state index contributed by atoms with van der Waals surface area (Å²) in [4.78, 5) is 36.1. The standard InChI is InChI=1S/C25H26N4O2S/c30-23(18-8-3-1-4-9-18)27-25-26-22-20(12-7-13-21(22)32-25)24(31)29-16-14-28(15-17-29)19-10-5-2-6-11-19/h1-6,8-11,20H,7,12-17H2,(H,26,27,30)/t20-/m1/s1. The molecule has 1 aliphatic heterocycles. The summed E-state index contributed by atoms with van der Waals surface area (Å²) in [5.41, 5.74) is 2.67. The molecule has 32 heavy (non-hydrogen) atoms. The normalized spacial score (nSPS) is 18.2. The number of rotatable bonds is 4. The lowest BCUT2D eigenvalue weighted by Crippen LogP contribution is -2.50. The highest BCUT2D eigenvalue weighted by molar-refractivity contribution is 7.16. The van der Waals surface area contributed by atoms with Gasteiger partial charge in [0.05, 0.1) is 11.6 Å². The molecule has 0 radical (unpaired) electrons. The zero-order valence-electron chi connectivity index (χ0n) is 17.9. The van der Waals surface area contributed by atoms with Crippen LogP contribution >= 0.6 is 11.3 Å². The van der Waals surface area contributed by atoms with Crippen molar-refractivity contribution in [2.75, 3.05) is 36.4 Å². The molecule has 2 aromatic carbocycles. The molecule has 1 atom stereocenters. The minimum absolute atomic E-state index is 0.170. The number of benzene rings is 2. The van der Waals surface area contributed by atoms with E-state index in [2.05, 4.69) is 22.3 Å². The summed E-state index contributed by atoms with van der Waals surface area (Å²) in [6.07, 6.45) is 2.71. The first-order valence-corrected chi connectivity index (χ1v) is 12.0. The molecule has 6 nitrogen and oxygen atoms in total. The maximum absolute atomic E-state index is 13.4. The molecular weight excluding hydrogens is 420 g/mol. The molecule has 1 fully saturated rings. The predicted octanol–water partition coefficient (Wildman–Crippen LogP) is 4.16. The zero-order valence-corrected chi connectivity index (χ0v) is 18.7. The molecular formula is C25H26N4O2S. The Morgan fingerprint density at radius 3 is 2.34 bits per heavy atom. The number of hydrogen-bond acceptors (Lipinski definition) is 5. The van der Waals surface area contributed by atoms with Crippen LogP contribution in [0.4, 0.5) is 10.8 Å². The van der Waals surface area contributed by atoms with Crippen LogP contribution in [0.3, 0.4) is 0 Å². The molecule has 3 aromatic rings. The summed E-state index contributed by atoms with van der Waals surface area (Å²) in [5.74, 6) is -0.206. The van der Waals surface area contributed by atoms with Gasteiger partial charge in [0, 0.05) is 42.3 Å². The van der Waals surface area contributed by atoms with E-state index < -0.39 is 0 Å². The van der Waals surface area contributed by atoms with Crippen LogP contribution in [0.1, 0.15) is 39.7 Å². The SMILES string of the molecule is O=C(Nc1nc2c(s1)CCC[C@H]2C(=O)N1CCN(c2ccccc2)CC1)c1ccccc1. The van der Waals surface area contributed by atoms with Crippen LogP contribution in [0.2, 0.25) is 0 Å². The Bertz CT molecular complexity index is 1090. The van der Waals surface area contributed by atoms with Gasteiger partial charge in [-0.2, -0.15) is 0 Å². The molecule has 1 aromatic heterocycles. The topological polar surface area (TPSA) is 65.5 Å². The fourth-order valence-corrected chi connectivity index (χ4v) is 5.58. The van der Waals surface area contributed by atoms with E-state index in [9.17, 15) is 9.59 Å². The Morgan fingerprint density at radius 2 is 1.62 bits per heavy atom. The van der Waals surface area contributed by atoms with Crippen molar-refractivity contribution in [3.63, 3.8) is 0 Å². The van der Waals surface area contributed by atoms with Crippen molar-refractivity contribution < 1.29 is 9.59 Å². The number of aromatic nitrogens is 1. The van der Waals surface area contributed by atoms with E-state index in [1.807, 2.05) is 41.3 Å². The Labute approximate surface area is 191 Å². The molecule has 2 amide bonds. The van der Waals surface area contributed by atoms with Crippen LogP contribution in [0.15, 0.2) is 60.7 Å². The highest BCUT2D eigenvalue weighted by Crippen LogP contribution is 2.38. The van der Waals surface area contributed by atoms with Crippen molar-refractivity contribution in [3.05, 3.63) is 76.8 Å². The van der Waals surface area contributed by atoms with Gasteiger partial charge in [-0.3, -0.25) is 14.9 Å². The van der Waals surface area contributed by atoms with Gasteiger partial charge in [0.15, 0.2) is 5.13 Å². The maximum atomic E-state index is 13.4. The smallest absolute Gasteiger partial charge is 0.257 e. The zero-order chi connectivity index (χ0) is 21.9. The molecule has 0 spiro atoms. The third-order valence-electron chi connectivity index (χ3n) is 6.22. The lowest BCUT2D eigenvalue weighted by atomic mass is 9.89. The van der Waals surface area contributed by atoms with Crippen molar-refractivity contribution in [3.8, 4) is 0 Å². The lowest BCUT2D eigenvalue weighted by molar-refractivity contribution is -0.133. The van der Waals surface area contributed by atoms with Crippen molar-refractivity contribution in [2.24, 2.45) is 0 Å². The molecule has 0 bridgehead atoms. The molecule has 1 aliphatic carbocycles. The summed E-state index contributed by atoms with van der Waals surface area (Å²) < 4.78 is 0. The first kappa shape index (κ1) is 20.7. The number of hydrogen-bond donors (Lipinski definition) is 1. The van der Waals surface area contributed by atoms with Gasteiger partial charge in [0.1, 0.15) is 0 Å². The number of anilines is 2. The Morgan fingerprint density at radius 1 is 0.938 bits per heavy atom. The van der Waals surface area contributed by atoms with Crippen LogP contribution in [0.25, 0.3) is 0 Å². The maximum Gasteiger partial charge on any atom is 0.257 e. The van der Waals surface area contributed by atoms with Gasteiger partial charge in [-0.05, 0) is 43.5 Å². The number of fused-ring (bicyclic) bond motifs is 1. The van der Waals surface area contributed by atoms with Crippen LogP contribution < -0.4 is 10.2 Å². The third-order valence-corrected chi connectivity index (χ3v) is 7.27. The number of carbonyl (C=O) groups is 2. The molecule has 2 aliphatic rings. The number of nitrogens with zero attached hydrogens (tertiary/aromatic N) is 3. The summed E-state index contributed by atoms with van der Waals surface area (Å²) in [5, 5.41) is 3.50. The van der Waals surface area contributed by atoms with Gasteiger partial charge < -0.3 is 9.80 Å². The van der Waals surface area contributed by atoms with E-state index in [1.165, 1.54) is 17.0 Å². The van der Waals surface area contributed by atoms with E-state index in [0.29, 0.717) is 10.7 Å². The van der Waals surface area contributed by atoms with E-state index in [0.717, 1.165) is 56.0 Å². The van der Waals surface area contributed by atoms with Crippen molar-refractivity contribution >= 4 is 34.0 Å². The van der Waals surface area contributed by atoms with Crippen molar-refractivity contribution in [2.45, 2.75) is 25.2 Å². The van der Waals surface area contributed by atoms with Crippen LogP contribution in [0.5, 0.6) is 0 Å². The Balaban J connectivity index is 1.26. The van der Waals surface area contributed by atoms with Crippen molar-refractivity contribution in [1.82, 2.24) is 9.88 Å². The second kappa shape index (κ2) is 9.12. The number of aryl methyl sites for hydroxylation is 1. The molecule has 1 saturated heterocycles.